The fourth-order valence-electron chi connectivity index (χ4n) is 3.59. The standard InChI is InChI=1S/C16H26N2O2S/c1-4-20-16(5-7-19-8-6-16)14-18-12-10-15(2,3)9-11(17)13(12)21-14/h11H,4-10,17H2,1-3H3. The average molecular weight is 310 g/mol. The molecule has 0 spiro atoms. The Balaban J connectivity index is 1.96. The van der Waals surface area contributed by atoms with Crippen molar-refractivity contribution in [1.29, 1.82) is 0 Å². The summed E-state index contributed by atoms with van der Waals surface area (Å²) in [5.74, 6) is 0. The van der Waals surface area contributed by atoms with Gasteiger partial charge < -0.3 is 15.2 Å². The van der Waals surface area contributed by atoms with Crippen molar-refractivity contribution in [3.8, 4) is 0 Å². The third-order valence-corrected chi connectivity index (χ3v) is 6.01. The van der Waals surface area contributed by atoms with E-state index in [0.717, 1.165) is 43.9 Å². The molecular formula is C16H26N2O2S. The number of hydrogen-bond donors (Lipinski definition) is 1. The van der Waals surface area contributed by atoms with Crippen molar-refractivity contribution in [3.05, 3.63) is 15.6 Å². The van der Waals surface area contributed by atoms with E-state index in [-0.39, 0.29) is 17.1 Å². The number of aromatic nitrogens is 1. The van der Waals surface area contributed by atoms with Crippen LogP contribution in [0.5, 0.6) is 0 Å². The van der Waals surface area contributed by atoms with Crippen LogP contribution in [-0.4, -0.2) is 24.8 Å². The summed E-state index contributed by atoms with van der Waals surface area (Å²) in [4.78, 5) is 6.24. The summed E-state index contributed by atoms with van der Waals surface area (Å²) < 4.78 is 11.7. The number of ether oxygens (including phenoxy) is 2. The van der Waals surface area contributed by atoms with Gasteiger partial charge in [0, 0.05) is 43.6 Å². The molecule has 1 unspecified atom stereocenters. The van der Waals surface area contributed by atoms with E-state index in [2.05, 4.69) is 20.8 Å². The summed E-state index contributed by atoms with van der Waals surface area (Å²) in [6, 6.07) is 0.119. The van der Waals surface area contributed by atoms with Crippen LogP contribution in [0.4, 0.5) is 0 Å². The molecule has 1 atom stereocenters. The van der Waals surface area contributed by atoms with Crippen molar-refractivity contribution in [2.75, 3.05) is 19.8 Å². The van der Waals surface area contributed by atoms with Gasteiger partial charge in [0.2, 0.25) is 0 Å². The molecule has 1 aromatic rings. The first-order valence-corrected chi connectivity index (χ1v) is 8.75. The molecule has 1 aliphatic heterocycles. The van der Waals surface area contributed by atoms with Crippen LogP contribution in [0.15, 0.2) is 0 Å². The highest BCUT2D eigenvalue weighted by atomic mass is 32.1. The fraction of sp³-hybridized carbons (Fsp3) is 0.812. The molecule has 2 heterocycles. The molecule has 2 aliphatic rings. The van der Waals surface area contributed by atoms with Crippen LogP contribution >= 0.6 is 11.3 Å². The highest BCUT2D eigenvalue weighted by Crippen LogP contribution is 2.46. The zero-order valence-electron chi connectivity index (χ0n) is 13.3. The highest BCUT2D eigenvalue weighted by molar-refractivity contribution is 7.12. The number of thiazole rings is 1. The minimum absolute atomic E-state index is 0.119. The maximum Gasteiger partial charge on any atom is 0.125 e. The van der Waals surface area contributed by atoms with Crippen molar-refractivity contribution in [1.82, 2.24) is 4.98 Å². The summed E-state index contributed by atoms with van der Waals surface area (Å²) in [6.45, 7) is 8.83. The second kappa shape index (κ2) is 5.61. The molecule has 1 aromatic heterocycles. The molecular weight excluding hydrogens is 284 g/mol. The molecule has 0 radical (unpaired) electrons. The van der Waals surface area contributed by atoms with E-state index in [1.807, 2.05) is 0 Å². The number of rotatable bonds is 3. The quantitative estimate of drug-likeness (QED) is 0.931. The summed E-state index contributed by atoms with van der Waals surface area (Å²) in [6.07, 6.45) is 3.84. The number of hydrogen-bond acceptors (Lipinski definition) is 5. The van der Waals surface area contributed by atoms with Gasteiger partial charge in [-0.2, -0.15) is 0 Å². The molecule has 1 saturated heterocycles. The van der Waals surface area contributed by atoms with Crippen molar-refractivity contribution in [3.63, 3.8) is 0 Å². The second-order valence-electron chi connectivity index (χ2n) is 7.02. The molecule has 1 aliphatic carbocycles. The molecule has 1 fully saturated rings. The minimum Gasteiger partial charge on any atom is -0.381 e. The Morgan fingerprint density at radius 1 is 1.38 bits per heavy atom. The predicted octanol–water partition coefficient (Wildman–Crippen LogP) is 3.16. The van der Waals surface area contributed by atoms with Gasteiger partial charge in [0.1, 0.15) is 10.6 Å². The Morgan fingerprint density at radius 3 is 2.76 bits per heavy atom. The molecule has 4 nitrogen and oxygen atoms in total. The number of fused-ring (bicyclic) bond motifs is 1. The molecule has 0 saturated carbocycles. The molecule has 0 bridgehead atoms. The second-order valence-corrected chi connectivity index (χ2v) is 8.05. The van der Waals surface area contributed by atoms with E-state index >= 15 is 0 Å². The Labute approximate surface area is 131 Å². The fourth-order valence-corrected chi connectivity index (χ4v) is 4.87. The zero-order chi connectivity index (χ0) is 15.1. The largest absolute Gasteiger partial charge is 0.381 e. The van der Waals surface area contributed by atoms with Crippen LogP contribution < -0.4 is 5.73 Å². The van der Waals surface area contributed by atoms with Gasteiger partial charge >= 0.3 is 0 Å². The van der Waals surface area contributed by atoms with Gasteiger partial charge in [-0.15, -0.1) is 11.3 Å². The van der Waals surface area contributed by atoms with Crippen molar-refractivity contribution >= 4 is 11.3 Å². The van der Waals surface area contributed by atoms with Gasteiger partial charge in [-0.05, 0) is 25.2 Å². The Kier molecular flexibility index (Phi) is 4.12. The summed E-state index contributed by atoms with van der Waals surface area (Å²) in [5.41, 5.74) is 7.58. The first-order chi connectivity index (χ1) is 9.96. The Morgan fingerprint density at radius 2 is 2.10 bits per heavy atom. The monoisotopic (exact) mass is 310 g/mol. The van der Waals surface area contributed by atoms with E-state index < -0.39 is 0 Å². The van der Waals surface area contributed by atoms with Gasteiger partial charge in [0.05, 0.1) is 5.69 Å². The summed E-state index contributed by atoms with van der Waals surface area (Å²) >= 11 is 1.77. The lowest BCUT2D eigenvalue weighted by Crippen LogP contribution is -2.36. The first-order valence-electron chi connectivity index (χ1n) is 7.93. The van der Waals surface area contributed by atoms with Crippen LogP contribution in [0.25, 0.3) is 0 Å². The van der Waals surface area contributed by atoms with Crippen LogP contribution in [-0.2, 0) is 21.5 Å². The molecule has 118 valence electrons. The van der Waals surface area contributed by atoms with Crippen LogP contribution in [0.1, 0.15) is 61.7 Å². The zero-order valence-corrected chi connectivity index (χ0v) is 14.1. The van der Waals surface area contributed by atoms with Gasteiger partial charge in [0.15, 0.2) is 0 Å². The molecule has 21 heavy (non-hydrogen) atoms. The van der Waals surface area contributed by atoms with E-state index in [1.54, 1.807) is 11.3 Å². The molecule has 5 heteroatoms. The van der Waals surface area contributed by atoms with Gasteiger partial charge in [-0.1, -0.05) is 13.8 Å². The van der Waals surface area contributed by atoms with E-state index in [0.29, 0.717) is 6.61 Å². The molecule has 0 aromatic carbocycles. The average Bonchev–Trinajstić information content (AvgIpc) is 2.83. The van der Waals surface area contributed by atoms with Crippen LogP contribution in [0.2, 0.25) is 0 Å². The van der Waals surface area contributed by atoms with Crippen LogP contribution in [0, 0.1) is 5.41 Å². The van der Waals surface area contributed by atoms with Gasteiger partial charge in [-0.3, -0.25) is 0 Å². The lowest BCUT2D eigenvalue weighted by atomic mass is 9.76. The van der Waals surface area contributed by atoms with Gasteiger partial charge in [-0.25, -0.2) is 4.98 Å². The third-order valence-electron chi connectivity index (χ3n) is 4.59. The van der Waals surface area contributed by atoms with E-state index in [1.165, 1.54) is 10.6 Å². The summed E-state index contributed by atoms with van der Waals surface area (Å²) in [5, 5.41) is 1.12. The van der Waals surface area contributed by atoms with E-state index in [4.69, 9.17) is 20.2 Å². The third kappa shape index (κ3) is 2.89. The maximum atomic E-state index is 6.39. The Bertz CT molecular complexity index is 501. The van der Waals surface area contributed by atoms with Crippen molar-refractivity contribution < 1.29 is 9.47 Å². The highest BCUT2D eigenvalue weighted by Gasteiger charge is 2.41. The topological polar surface area (TPSA) is 57.4 Å². The van der Waals surface area contributed by atoms with Crippen LogP contribution in [0.3, 0.4) is 0 Å². The first kappa shape index (κ1) is 15.4. The smallest absolute Gasteiger partial charge is 0.125 e. The van der Waals surface area contributed by atoms with Crippen molar-refractivity contribution in [2.45, 2.75) is 58.1 Å². The lowest BCUT2D eigenvalue weighted by molar-refractivity contribution is -0.112. The number of nitrogens with two attached hydrogens (primary N) is 1. The van der Waals surface area contributed by atoms with E-state index in [9.17, 15) is 0 Å². The predicted molar refractivity (Wildman–Crippen MR) is 84.5 cm³/mol. The molecule has 2 N–H and O–H groups in total. The Hall–Kier alpha value is -0.490. The number of nitrogens with zero attached hydrogens (tertiary/aromatic N) is 1. The normalized spacial score (nSPS) is 27.3. The molecule has 0 amide bonds. The lowest BCUT2D eigenvalue weighted by Gasteiger charge is -2.35. The van der Waals surface area contributed by atoms with Gasteiger partial charge in [0.25, 0.3) is 0 Å². The molecule has 3 rings (SSSR count). The minimum atomic E-state index is -0.251. The summed E-state index contributed by atoms with van der Waals surface area (Å²) in [7, 11) is 0. The van der Waals surface area contributed by atoms with Crippen molar-refractivity contribution in [2.24, 2.45) is 11.1 Å². The maximum absolute atomic E-state index is 6.39. The SMILES string of the molecule is CCOC1(c2nc3c(s2)C(N)CC(C)(C)C3)CCOCC1.